The van der Waals surface area contributed by atoms with E-state index in [2.05, 4.69) is 0 Å². The second-order valence-corrected chi connectivity index (χ2v) is 8.08. The molecule has 8 heteroatoms. The quantitative estimate of drug-likeness (QED) is 0.742. The molecule has 2 N–H and O–H groups in total. The molecule has 0 aromatic rings. The zero-order chi connectivity index (χ0) is 17.0. The second-order valence-electron chi connectivity index (χ2n) is 5.91. The normalized spacial score (nSPS) is 39.4. The summed E-state index contributed by atoms with van der Waals surface area (Å²) in [6.07, 6.45) is 8.31. The van der Waals surface area contributed by atoms with Gasteiger partial charge in [0, 0.05) is 13.5 Å². The van der Waals surface area contributed by atoms with E-state index in [0.29, 0.717) is 6.42 Å². The predicted molar refractivity (Wildman–Crippen MR) is 90.8 cm³/mol. The van der Waals surface area contributed by atoms with Crippen LogP contribution in [0.15, 0.2) is 23.8 Å². The highest BCUT2D eigenvalue weighted by molar-refractivity contribution is 8.01. The highest BCUT2D eigenvalue weighted by Gasteiger charge is 2.67. The minimum absolute atomic E-state index is 0.212. The summed E-state index contributed by atoms with van der Waals surface area (Å²) in [5, 5.41) is 20.3. The van der Waals surface area contributed by atoms with Gasteiger partial charge in [-0.15, -0.1) is 23.5 Å². The Morgan fingerprint density at radius 2 is 2.00 bits per heavy atom. The first-order valence-corrected chi connectivity index (χ1v) is 9.73. The molecule has 6 nitrogen and oxygen atoms in total. The van der Waals surface area contributed by atoms with Crippen LogP contribution in [0.25, 0.3) is 0 Å². The minimum atomic E-state index is -1.34. The van der Waals surface area contributed by atoms with Crippen molar-refractivity contribution in [1.82, 2.24) is 9.80 Å². The molecular formula is C15H20N2O4S2. The smallest absolute Gasteiger partial charge is 0.263 e. The van der Waals surface area contributed by atoms with Crippen LogP contribution in [0.2, 0.25) is 0 Å². The van der Waals surface area contributed by atoms with Crippen LogP contribution in [-0.4, -0.2) is 79.9 Å². The molecular weight excluding hydrogens is 336 g/mol. The fraction of sp³-hybridized carbons (Fsp3) is 0.600. The van der Waals surface area contributed by atoms with Crippen LogP contribution in [0.4, 0.5) is 0 Å². The largest absolute Gasteiger partial charge is 0.392 e. The second kappa shape index (κ2) is 5.54. The number of hydrogen-bond donors (Lipinski definition) is 2. The molecule has 0 radical (unpaired) electrons. The van der Waals surface area contributed by atoms with Gasteiger partial charge in [0.05, 0.1) is 18.8 Å². The topological polar surface area (TPSA) is 81.1 Å². The monoisotopic (exact) mass is 356 g/mol. The molecule has 0 aromatic carbocycles. The van der Waals surface area contributed by atoms with Crippen molar-refractivity contribution in [1.29, 1.82) is 0 Å². The van der Waals surface area contributed by atoms with Gasteiger partial charge in [-0.05, 0) is 18.1 Å². The van der Waals surface area contributed by atoms with Crippen LogP contribution in [-0.2, 0) is 9.59 Å². The lowest BCUT2D eigenvalue weighted by Gasteiger charge is -2.53. The molecule has 0 bridgehead atoms. The Kier molecular flexibility index (Phi) is 4.07. The van der Waals surface area contributed by atoms with Gasteiger partial charge in [-0.1, -0.05) is 18.2 Å². The van der Waals surface area contributed by atoms with Crippen molar-refractivity contribution >= 4 is 35.3 Å². The van der Waals surface area contributed by atoms with Crippen LogP contribution in [0.1, 0.15) is 6.42 Å². The number of likely N-dealkylation sites (N-methyl/N-ethyl adjacent to an activating group) is 1. The SMILES string of the molecule is CS[C@]1(CO)C(=O)N2[C@H]3C(=CC=CC3O)C[C@@]2(SC)C(=O)N1C. The Balaban J connectivity index is 2.19. The van der Waals surface area contributed by atoms with Crippen LogP contribution in [0, 0.1) is 0 Å². The summed E-state index contributed by atoms with van der Waals surface area (Å²) in [5.41, 5.74) is 0.874. The maximum Gasteiger partial charge on any atom is 0.263 e. The highest BCUT2D eigenvalue weighted by atomic mass is 32.2. The summed E-state index contributed by atoms with van der Waals surface area (Å²) in [5.74, 6) is -0.540. The summed E-state index contributed by atoms with van der Waals surface area (Å²) in [7, 11) is 1.56. The Labute approximate surface area is 143 Å². The van der Waals surface area contributed by atoms with E-state index in [4.69, 9.17) is 0 Å². The molecule has 2 aliphatic heterocycles. The molecule has 0 saturated carbocycles. The maximum absolute atomic E-state index is 13.3. The van der Waals surface area contributed by atoms with Crippen LogP contribution >= 0.6 is 23.5 Å². The molecule has 1 unspecified atom stereocenters. The molecule has 3 rings (SSSR count). The van der Waals surface area contributed by atoms with Gasteiger partial charge in [-0.25, -0.2) is 0 Å². The molecule has 0 spiro atoms. The van der Waals surface area contributed by atoms with Gasteiger partial charge in [0.2, 0.25) is 0 Å². The van der Waals surface area contributed by atoms with Crippen molar-refractivity contribution in [2.24, 2.45) is 0 Å². The zero-order valence-corrected chi connectivity index (χ0v) is 14.9. The van der Waals surface area contributed by atoms with Crippen molar-refractivity contribution < 1.29 is 19.8 Å². The molecule has 2 saturated heterocycles. The summed E-state index contributed by atoms with van der Waals surface area (Å²) >= 11 is 2.46. The number of allylic oxidation sites excluding steroid dienone is 2. The van der Waals surface area contributed by atoms with Crippen molar-refractivity contribution in [2.75, 3.05) is 26.2 Å². The molecule has 23 heavy (non-hydrogen) atoms. The van der Waals surface area contributed by atoms with Crippen molar-refractivity contribution in [2.45, 2.75) is 28.3 Å². The van der Waals surface area contributed by atoms with Gasteiger partial charge in [-0.3, -0.25) is 9.59 Å². The van der Waals surface area contributed by atoms with Gasteiger partial charge >= 0.3 is 0 Å². The van der Waals surface area contributed by atoms with Gasteiger partial charge in [0.15, 0.2) is 9.74 Å². The van der Waals surface area contributed by atoms with Crippen LogP contribution in [0.5, 0.6) is 0 Å². The third kappa shape index (κ3) is 1.92. The maximum atomic E-state index is 13.3. The van der Waals surface area contributed by atoms with Crippen LogP contribution in [0.3, 0.4) is 0 Å². The lowest BCUT2D eigenvalue weighted by Crippen LogP contribution is -2.74. The van der Waals surface area contributed by atoms with Gasteiger partial charge < -0.3 is 20.0 Å². The first kappa shape index (κ1) is 16.9. The number of hydrogen-bond acceptors (Lipinski definition) is 6. The molecule has 2 heterocycles. The Bertz CT molecular complexity index is 617. The summed E-state index contributed by atoms with van der Waals surface area (Å²) in [6.45, 7) is -0.464. The first-order valence-electron chi connectivity index (χ1n) is 7.28. The number of aliphatic hydroxyl groups excluding tert-OH is 2. The standard InChI is InChI=1S/C15H20N2O4S2/c1-16-12(20)14(22-2)7-9-5-4-6-10(19)11(9)17(14)13(21)15(16,8-18)23-3/h4-6,10-11,18-19H,7-8H2,1-3H3/t10?,11-,14+,15+/m0/s1. The van der Waals surface area contributed by atoms with Gasteiger partial charge in [0.1, 0.15) is 0 Å². The number of carbonyl (C=O) groups excluding carboxylic acids is 2. The van der Waals surface area contributed by atoms with Crippen molar-refractivity contribution in [3.8, 4) is 0 Å². The first-order chi connectivity index (χ1) is 10.9. The van der Waals surface area contributed by atoms with E-state index in [0.717, 1.165) is 17.3 Å². The van der Waals surface area contributed by atoms with E-state index in [1.807, 2.05) is 6.08 Å². The summed E-state index contributed by atoms with van der Waals surface area (Å²) in [6, 6.07) is -0.546. The number of fused-ring (bicyclic) bond motifs is 3. The summed E-state index contributed by atoms with van der Waals surface area (Å²) < 4.78 is 0. The van der Waals surface area contributed by atoms with Gasteiger partial charge in [0.25, 0.3) is 11.8 Å². The average Bonchev–Trinajstić information content (AvgIpc) is 2.91. The average molecular weight is 356 g/mol. The predicted octanol–water partition coefficient (Wildman–Crippen LogP) is 0.0273. The molecule has 3 aliphatic rings. The third-order valence-corrected chi connectivity index (χ3v) is 7.50. The molecule has 0 aromatic heterocycles. The minimum Gasteiger partial charge on any atom is -0.392 e. The molecule has 2 fully saturated rings. The molecule has 2 amide bonds. The number of thioether (sulfide) groups is 2. The van der Waals surface area contributed by atoms with Gasteiger partial charge in [-0.2, -0.15) is 0 Å². The Hall–Kier alpha value is -0.960. The van der Waals surface area contributed by atoms with Crippen LogP contribution < -0.4 is 0 Å². The number of aliphatic hydroxyl groups is 2. The van der Waals surface area contributed by atoms with E-state index in [9.17, 15) is 19.8 Å². The zero-order valence-electron chi connectivity index (χ0n) is 13.2. The number of amides is 2. The number of rotatable bonds is 3. The highest BCUT2D eigenvalue weighted by Crippen LogP contribution is 2.53. The number of carbonyl (C=O) groups is 2. The number of nitrogens with zero attached hydrogens (tertiary/aromatic N) is 2. The fourth-order valence-electron chi connectivity index (χ4n) is 3.73. The van der Waals surface area contributed by atoms with Crippen molar-refractivity contribution in [3.05, 3.63) is 23.8 Å². The van der Waals surface area contributed by atoms with E-state index in [1.54, 1.807) is 31.7 Å². The van der Waals surface area contributed by atoms with E-state index < -0.39 is 28.5 Å². The molecule has 126 valence electrons. The molecule has 1 aliphatic carbocycles. The fourth-order valence-corrected chi connectivity index (χ4v) is 5.51. The van der Waals surface area contributed by atoms with E-state index >= 15 is 0 Å². The van der Waals surface area contributed by atoms with Crippen molar-refractivity contribution in [3.63, 3.8) is 0 Å². The summed E-state index contributed by atoms with van der Waals surface area (Å²) in [4.78, 5) is 26.9. The lowest BCUT2D eigenvalue weighted by atomic mass is 9.97. The lowest BCUT2D eigenvalue weighted by molar-refractivity contribution is -0.167. The van der Waals surface area contributed by atoms with E-state index in [-0.39, 0.29) is 11.8 Å². The Morgan fingerprint density at radius 3 is 2.57 bits per heavy atom. The third-order valence-electron chi connectivity index (χ3n) is 5.06. The molecule has 4 atom stereocenters. The Morgan fingerprint density at radius 1 is 1.30 bits per heavy atom. The van der Waals surface area contributed by atoms with E-state index in [1.165, 1.54) is 21.6 Å². The number of piperazine rings is 1.